The number of benzene rings is 1. The fraction of sp³-hybridized carbons (Fsp3) is 0.214. The van der Waals surface area contributed by atoms with Crippen LogP contribution in [0, 0.1) is 0 Å². The Bertz CT molecular complexity index is 569. The Hall–Kier alpha value is -0.970. The highest BCUT2D eigenvalue weighted by Crippen LogP contribution is 2.24. The Morgan fingerprint density at radius 2 is 2.26 bits per heavy atom. The fourth-order valence-electron chi connectivity index (χ4n) is 1.79. The van der Waals surface area contributed by atoms with Gasteiger partial charge in [0.2, 0.25) is 0 Å². The second-order valence-electron chi connectivity index (χ2n) is 4.11. The highest BCUT2D eigenvalue weighted by molar-refractivity contribution is 7.80. The molecule has 1 aromatic heterocycles. The zero-order chi connectivity index (χ0) is 13.8. The van der Waals surface area contributed by atoms with Crippen molar-refractivity contribution in [1.82, 2.24) is 5.32 Å². The first kappa shape index (κ1) is 14.4. The Morgan fingerprint density at radius 3 is 2.89 bits per heavy atom. The number of thiol groups is 1. The van der Waals surface area contributed by atoms with E-state index in [2.05, 4.69) is 17.9 Å². The number of rotatable bonds is 4. The molecule has 0 aliphatic heterocycles. The van der Waals surface area contributed by atoms with Crippen LogP contribution < -0.4 is 5.32 Å². The Morgan fingerprint density at radius 1 is 1.47 bits per heavy atom. The quantitative estimate of drug-likeness (QED) is 0.796. The molecular weight excluding hydrogens is 298 g/mol. The summed E-state index contributed by atoms with van der Waals surface area (Å²) in [5, 5.41) is 5.45. The number of nitrogens with one attached hydrogen (secondary N) is 1. The van der Waals surface area contributed by atoms with Crippen molar-refractivity contribution in [3.8, 4) is 0 Å². The van der Waals surface area contributed by atoms with Gasteiger partial charge in [-0.15, -0.1) is 24.0 Å². The number of carbonyl (C=O) groups excluding carboxylic acids is 1. The molecule has 2 aromatic rings. The van der Waals surface area contributed by atoms with Crippen molar-refractivity contribution >= 4 is 41.5 Å². The summed E-state index contributed by atoms with van der Waals surface area (Å²) in [5.74, 6) is -0.166. The summed E-state index contributed by atoms with van der Waals surface area (Å²) in [4.78, 5) is 14.1. The first-order valence-electron chi connectivity index (χ1n) is 5.94. The van der Waals surface area contributed by atoms with E-state index in [0.717, 1.165) is 16.2 Å². The van der Waals surface area contributed by atoms with Crippen molar-refractivity contribution in [3.63, 3.8) is 0 Å². The van der Waals surface area contributed by atoms with Crippen LogP contribution in [0.2, 0.25) is 5.02 Å². The third kappa shape index (κ3) is 3.53. The second kappa shape index (κ2) is 6.46. The third-order valence-corrected chi connectivity index (χ3v) is 4.39. The molecule has 1 heterocycles. The Kier molecular flexibility index (Phi) is 4.91. The maximum atomic E-state index is 12.3. The molecule has 1 aromatic carbocycles. The summed E-state index contributed by atoms with van der Waals surface area (Å²) in [6, 6.07) is 9.16. The van der Waals surface area contributed by atoms with Crippen LogP contribution in [0.5, 0.6) is 0 Å². The molecule has 1 amide bonds. The Balaban J connectivity index is 2.18. The minimum absolute atomic E-state index is 0.0205. The monoisotopic (exact) mass is 311 g/mol. The van der Waals surface area contributed by atoms with Gasteiger partial charge in [-0.3, -0.25) is 4.79 Å². The molecule has 2 rings (SSSR count). The zero-order valence-corrected chi connectivity index (χ0v) is 12.9. The van der Waals surface area contributed by atoms with E-state index >= 15 is 0 Å². The van der Waals surface area contributed by atoms with Gasteiger partial charge in [-0.2, -0.15) is 0 Å². The van der Waals surface area contributed by atoms with Crippen molar-refractivity contribution in [3.05, 3.63) is 51.2 Å². The third-order valence-electron chi connectivity index (χ3n) is 2.79. The van der Waals surface area contributed by atoms with Crippen LogP contribution in [0.15, 0.2) is 40.6 Å². The molecule has 0 fully saturated rings. The van der Waals surface area contributed by atoms with E-state index < -0.39 is 0 Å². The van der Waals surface area contributed by atoms with Crippen molar-refractivity contribution in [2.45, 2.75) is 24.3 Å². The molecule has 2 nitrogen and oxygen atoms in total. The SMILES string of the molecule is CCC(NC(=O)c1cc(S)ccc1Cl)c1cccs1. The largest absolute Gasteiger partial charge is 0.344 e. The van der Waals surface area contributed by atoms with Crippen LogP contribution in [0.1, 0.15) is 34.6 Å². The molecule has 1 unspecified atom stereocenters. The molecule has 1 N–H and O–H groups in total. The molecule has 0 saturated heterocycles. The van der Waals surface area contributed by atoms with E-state index in [-0.39, 0.29) is 11.9 Å². The lowest BCUT2D eigenvalue weighted by atomic mass is 10.1. The summed E-state index contributed by atoms with van der Waals surface area (Å²) in [6.45, 7) is 2.04. The molecule has 0 saturated carbocycles. The van der Waals surface area contributed by atoms with Crippen LogP contribution in [0.4, 0.5) is 0 Å². The summed E-state index contributed by atoms with van der Waals surface area (Å²) < 4.78 is 0. The molecule has 0 spiro atoms. The molecule has 0 radical (unpaired) electrons. The van der Waals surface area contributed by atoms with Gasteiger partial charge in [0, 0.05) is 9.77 Å². The minimum atomic E-state index is -0.166. The lowest BCUT2D eigenvalue weighted by Gasteiger charge is -2.16. The van der Waals surface area contributed by atoms with E-state index in [1.165, 1.54) is 0 Å². The average molecular weight is 312 g/mol. The molecule has 100 valence electrons. The lowest BCUT2D eigenvalue weighted by molar-refractivity contribution is 0.0936. The van der Waals surface area contributed by atoms with Crippen molar-refractivity contribution < 1.29 is 4.79 Å². The minimum Gasteiger partial charge on any atom is -0.344 e. The van der Waals surface area contributed by atoms with Gasteiger partial charge in [-0.05, 0) is 36.1 Å². The molecule has 1 atom stereocenters. The normalized spacial score (nSPS) is 12.2. The van der Waals surface area contributed by atoms with Gasteiger partial charge in [0.1, 0.15) is 0 Å². The standard InChI is InChI=1S/C14H14ClNOS2/c1-2-12(13-4-3-7-19-13)16-14(17)10-8-9(18)5-6-11(10)15/h3-8,12,18H,2H2,1H3,(H,16,17). The highest BCUT2D eigenvalue weighted by atomic mass is 35.5. The van der Waals surface area contributed by atoms with E-state index in [0.29, 0.717) is 10.6 Å². The van der Waals surface area contributed by atoms with E-state index in [1.807, 2.05) is 24.4 Å². The average Bonchev–Trinajstić information content (AvgIpc) is 2.92. The second-order valence-corrected chi connectivity index (χ2v) is 6.02. The predicted octanol–water partition coefficient (Wildman–Crippen LogP) is 4.57. The van der Waals surface area contributed by atoms with E-state index in [9.17, 15) is 4.79 Å². The van der Waals surface area contributed by atoms with Gasteiger partial charge in [0.25, 0.3) is 5.91 Å². The van der Waals surface area contributed by atoms with E-state index in [4.69, 9.17) is 11.6 Å². The van der Waals surface area contributed by atoms with Gasteiger partial charge >= 0.3 is 0 Å². The van der Waals surface area contributed by atoms with Crippen LogP contribution in [0.25, 0.3) is 0 Å². The summed E-state index contributed by atoms with van der Waals surface area (Å²) in [6.07, 6.45) is 0.838. The van der Waals surface area contributed by atoms with Crippen molar-refractivity contribution in [2.24, 2.45) is 0 Å². The van der Waals surface area contributed by atoms with Crippen LogP contribution in [-0.4, -0.2) is 5.91 Å². The molecule has 19 heavy (non-hydrogen) atoms. The van der Waals surface area contributed by atoms with Gasteiger partial charge in [-0.1, -0.05) is 24.6 Å². The summed E-state index contributed by atoms with van der Waals surface area (Å²) >= 11 is 11.9. The number of thiophene rings is 1. The van der Waals surface area contributed by atoms with Gasteiger partial charge < -0.3 is 5.32 Å². The number of halogens is 1. The molecule has 0 bridgehead atoms. The predicted molar refractivity (Wildman–Crippen MR) is 83.5 cm³/mol. The topological polar surface area (TPSA) is 29.1 Å². The van der Waals surface area contributed by atoms with Gasteiger partial charge in [0.15, 0.2) is 0 Å². The summed E-state index contributed by atoms with van der Waals surface area (Å²) in [7, 11) is 0. The maximum absolute atomic E-state index is 12.3. The van der Waals surface area contributed by atoms with Crippen LogP contribution in [0.3, 0.4) is 0 Å². The number of hydrogen-bond donors (Lipinski definition) is 2. The van der Waals surface area contributed by atoms with Gasteiger partial charge in [0.05, 0.1) is 16.6 Å². The van der Waals surface area contributed by atoms with Crippen molar-refractivity contribution in [1.29, 1.82) is 0 Å². The van der Waals surface area contributed by atoms with E-state index in [1.54, 1.807) is 29.5 Å². The fourth-order valence-corrected chi connectivity index (χ4v) is 3.06. The first-order valence-corrected chi connectivity index (χ1v) is 7.65. The van der Waals surface area contributed by atoms with Crippen molar-refractivity contribution in [2.75, 3.05) is 0 Å². The molecule has 5 heteroatoms. The lowest BCUT2D eigenvalue weighted by Crippen LogP contribution is -2.27. The highest BCUT2D eigenvalue weighted by Gasteiger charge is 2.17. The van der Waals surface area contributed by atoms with Gasteiger partial charge in [-0.25, -0.2) is 0 Å². The molecular formula is C14H14ClNOS2. The zero-order valence-electron chi connectivity index (χ0n) is 10.4. The Labute approximate surface area is 127 Å². The van der Waals surface area contributed by atoms with Crippen LogP contribution in [-0.2, 0) is 0 Å². The summed E-state index contributed by atoms with van der Waals surface area (Å²) in [5.41, 5.74) is 0.462. The maximum Gasteiger partial charge on any atom is 0.253 e. The smallest absolute Gasteiger partial charge is 0.253 e. The molecule has 0 aliphatic carbocycles. The molecule has 0 aliphatic rings. The van der Waals surface area contributed by atoms with Crippen LogP contribution >= 0.6 is 35.6 Å². The first-order chi connectivity index (χ1) is 9.11. The number of hydrogen-bond acceptors (Lipinski definition) is 3. The number of carbonyl (C=O) groups is 1. The number of amides is 1.